The lowest BCUT2D eigenvalue weighted by molar-refractivity contribution is -0.130. The molecule has 1 aliphatic carbocycles. The minimum Gasteiger partial charge on any atom is -0.353 e. The highest BCUT2D eigenvalue weighted by molar-refractivity contribution is 5.89. The highest BCUT2D eigenvalue weighted by Gasteiger charge is 2.38. The van der Waals surface area contributed by atoms with Crippen molar-refractivity contribution >= 4 is 11.8 Å². The second kappa shape index (κ2) is 8.54. The van der Waals surface area contributed by atoms with Crippen LogP contribution in [0.25, 0.3) is 0 Å². The van der Waals surface area contributed by atoms with Crippen LogP contribution in [0.1, 0.15) is 78.1 Å². The first-order valence-corrected chi connectivity index (χ1v) is 9.21. The van der Waals surface area contributed by atoms with Gasteiger partial charge in [-0.05, 0) is 26.2 Å². The largest absolute Gasteiger partial charge is 0.353 e. The molecule has 1 heterocycles. The SMILES string of the molecule is CCCCCCC(C)NC(=O)C1CC(=O)N(C2CCCC2)C1. The number of hydrogen-bond acceptors (Lipinski definition) is 2. The van der Waals surface area contributed by atoms with Gasteiger partial charge >= 0.3 is 0 Å². The molecule has 2 aliphatic rings. The normalized spacial score (nSPS) is 24.0. The van der Waals surface area contributed by atoms with Crippen molar-refractivity contribution in [3.63, 3.8) is 0 Å². The Labute approximate surface area is 135 Å². The van der Waals surface area contributed by atoms with Crippen LogP contribution in [0.3, 0.4) is 0 Å². The first-order valence-electron chi connectivity index (χ1n) is 9.21. The van der Waals surface area contributed by atoms with Gasteiger partial charge in [0.25, 0.3) is 0 Å². The molecule has 2 unspecified atom stereocenters. The number of carbonyl (C=O) groups excluding carboxylic acids is 2. The maximum absolute atomic E-state index is 12.4. The van der Waals surface area contributed by atoms with E-state index in [1.54, 1.807) is 0 Å². The standard InChI is InChI=1S/C18H32N2O2/c1-3-4-5-6-9-14(2)19-18(22)15-12-17(21)20(13-15)16-10-7-8-11-16/h14-16H,3-13H2,1-2H3,(H,19,22). The summed E-state index contributed by atoms with van der Waals surface area (Å²) in [5.74, 6) is 0.130. The van der Waals surface area contributed by atoms with Crippen molar-refractivity contribution in [2.45, 2.75) is 90.1 Å². The highest BCUT2D eigenvalue weighted by Crippen LogP contribution is 2.29. The molecule has 2 fully saturated rings. The Morgan fingerprint density at radius 1 is 1.27 bits per heavy atom. The molecule has 0 aromatic heterocycles. The summed E-state index contributed by atoms with van der Waals surface area (Å²) in [4.78, 5) is 26.5. The molecular formula is C18H32N2O2. The first-order chi connectivity index (χ1) is 10.6. The van der Waals surface area contributed by atoms with Crippen LogP contribution in [-0.4, -0.2) is 35.3 Å². The van der Waals surface area contributed by atoms with Gasteiger partial charge in [-0.3, -0.25) is 9.59 Å². The summed E-state index contributed by atoms with van der Waals surface area (Å²) in [7, 11) is 0. The van der Waals surface area contributed by atoms with Crippen LogP contribution in [0.4, 0.5) is 0 Å². The summed E-state index contributed by atoms with van der Waals surface area (Å²) < 4.78 is 0. The summed E-state index contributed by atoms with van der Waals surface area (Å²) in [5.41, 5.74) is 0. The van der Waals surface area contributed by atoms with E-state index in [0.29, 0.717) is 19.0 Å². The molecular weight excluding hydrogens is 276 g/mol. The number of carbonyl (C=O) groups is 2. The topological polar surface area (TPSA) is 49.4 Å². The van der Waals surface area contributed by atoms with Crippen molar-refractivity contribution in [3.8, 4) is 0 Å². The number of nitrogens with one attached hydrogen (secondary N) is 1. The van der Waals surface area contributed by atoms with E-state index in [2.05, 4.69) is 19.2 Å². The molecule has 0 aromatic carbocycles. The Bertz CT molecular complexity index is 377. The number of likely N-dealkylation sites (tertiary alicyclic amines) is 1. The third kappa shape index (κ3) is 4.72. The Hall–Kier alpha value is -1.06. The van der Waals surface area contributed by atoms with E-state index in [1.165, 1.54) is 38.5 Å². The smallest absolute Gasteiger partial charge is 0.225 e. The molecule has 1 saturated heterocycles. The van der Waals surface area contributed by atoms with Gasteiger partial charge in [-0.25, -0.2) is 0 Å². The fourth-order valence-electron chi connectivity index (χ4n) is 3.79. The van der Waals surface area contributed by atoms with Crippen LogP contribution in [-0.2, 0) is 9.59 Å². The van der Waals surface area contributed by atoms with Crippen molar-refractivity contribution in [2.75, 3.05) is 6.54 Å². The predicted octanol–water partition coefficient (Wildman–Crippen LogP) is 3.25. The van der Waals surface area contributed by atoms with E-state index in [1.807, 2.05) is 4.90 Å². The second-order valence-electron chi connectivity index (χ2n) is 7.14. The molecule has 126 valence electrons. The molecule has 2 amide bonds. The maximum atomic E-state index is 12.4. The van der Waals surface area contributed by atoms with Gasteiger partial charge in [-0.15, -0.1) is 0 Å². The Kier molecular flexibility index (Phi) is 6.71. The minimum absolute atomic E-state index is 0.0804. The monoisotopic (exact) mass is 308 g/mol. The van der Waals surface area contributed by atoms with Crippen LogP contribution in [0.5, 0.6) is 0 Å². The average molecular weight is 308 g/mol. The van der Waals surface area contributed by atoms with Gasteiger partial charge in [0.15, 0.2) is 0 Å². The Morgan fingerprint density at radius 3 is 2.68 bits per heavy atom. The number of nitrogens with zero attached hydrogens (tertiary/aromatic N) is 1. The van der Waals surface area contributed by atoms with Crippen LogP contribution < -0.4 is 5.32 Å². The summed E-state index contributed by atoms with van der Waals surface area (Å²) in [6.07, 6.45) is 11.1. The minimum atomic E-state index is -0.133. The van der Waals surface area contributed by atoms with Crippen LogP contribution in [0.2, 0.25) is 0 Å². The van der Waals surface area contributed by atoms with Crippen molar-refractivity contribution in [3.05, 3.63) is 0 Å². The predicted molar refractivity (Wildman–Crippen MR) is 88.4 cm³/mol. The highest BCUT2D eigenvalue weighted by atomic mass is 16.2. The molecule has 0 aromatic rings. The fourth-order valence-corrected chi connectivity index (χ4v) is 3.79. The van der Waals surface area contributed by atoms with Crippen molar-refractivity contribution < 1.29 is 9.59 Å². The fraction of sp³-hybridized carbons (Fsp3) is 0.889. The van der Waals surface area contributed by atoms with Gasteiger partial charge in [-0.2, -0.15) is 0 Å². The zero-order valence-electron chi connectivity index (χ0n) is 14.3. The molecule has 0 bridgehead atoms. The van der Waals surface area contributed by atoms with Crippen LogP contribution >= 0.6 is 0 Å². The number of rotatable bonds is 8. The zero-order valence-corrected chi connectivity index (χ0v) is 14.3. The molecule has 2 atom stereocenters. The zero-order chi connectivity index (χ0) is 15.9. The maximum Gasteiger partial charge on any atom is 0.225 e. The number of hydrogen-bond donors (Lipinski definition) is 1. The van der Waals surface area contributed by atoms with Crippen molar-refractivity contribution in [2.24, 2.45) is 5.92 Å². The molecule has 4 heteroatoms. The van der Waals surface area contributed by atoms with E-state index in [9.17, 15) is 9.59 Å². The van der Waals surface area contributed by atoms with Crippen molar-refractivity contribution in [1.82, 2.24) is 10.2 Å². The van der Waals surface area contributed by atoms with Gasteiger partial charge in [0.1, 0.15) is 0 Å². The van der Waals surface area contributed by atoms with Gasteiger partial charge < -0.3 is 10.2 Å². The average Bonchev–Trinajstić information content (AvgIpc) is 3.12. The molecule has 1 aliphatic heterocycles. The molecule has 4 nitrogen and oxygen atoms in total. The Morgan fingerprint density at radius 2 is 2.00 bits per heavy atom. The molecule has 1 N–H and O–H groups in total. The van der Waals surface area contributed by atoms with E-state index in [4.69, 9.17) is 0 Å². The molecule has 0 radical (unpaired) electrons. The van der Waals surface area contributed by atoms with Gasteiger partial charge in [0.05, 0.1) is 5.92 Å². The summed E-state index contributed by atoms with van der Waals surface area (Å²) in [6, 6.07) is 0.622. The summed E-state index contributed by atoms with van der Waals surface area (Å²) >= 11 is 0. The van der Waals surface area contributed by atoms with E-state index >= 15 is 0 Å². The lowest BCUT2D eigenvalue weighted by Gasteiger charge is -2.24. The first kappa shape index (κ1) is 17.3. The lowest BCUT2D eigenvalue weighted by atomic mass is 10.1. The van der Waals surface area contributed by atoms with Gasteiger partial charge in [0, 0.05) is 25.0 Å². The van der Waals surface area contributed by atoms with E-state index in [-0.39, 0.29) is 23.8 Å². The van der Waals surface area contributed by atoms with Gasteiger partial charge in [0.2, 0.25) is 11.8 Å². The third-order valence-corrected chi connectivity index (χ3v) is 5.17. The van der Waals surface area contributed by atoms with Crippen LogP contribution in [0, 0.1) is 5.92 Å². The number of amides is 2. The lowest BCUT2D eigenvalue weighted by Crippen LogP contribution is -2.39. The van der Waals surface area contributed by atoms with Gasteiger partial charge in [-0.1, -0.05) is 45.4 Å². The molecule has 2 rings (SSSR count). The number of unbranched alkanes of at least 4 members (excludes halogenated alkanes) is 3. The van der Waals surface area contributed by atoms with Crippen LogP contribution in [0.15, 0.2) is 0 Å². The summed E-state index contributed by atoms with van der Waals surface area (Å²) in [5, 5.41) is 3.11. The molecule has 1 saturated carbocycles. The van der Waals surface area contributed by atoms with E-state index < -0.39 is 0 Å². The summed E-state index contributed by atoms with van der Waals surface area (Å²) in [6.45, 7) is 4.92. The van der Waals surface area contributed by atoms with Crippen molar-refractivity contribution in [1.29, 1.82) is 0 Å². The third-order valence-electron chi connectivity index (χ3n) is 5.17. The van der Waals surface area contributed by atoms with E-state index in [0.717, 1.165) is 19.3 Å². The Balaban J connectivity index is 1.72. The molecule has 0 spiro atoms. The quantitative estimate of drug-likeness (QED) is 0.700. The molecule has 22 heavy (non-hydrogen) atoms. The second-order valence-corrected chi connectivity index (χ2v) is 7.14.